The lowest BCUT2D eigenvalue weighted by Crippen LogP contribution is -2.30. The molecule has 3 rings (SSSR count). The zero-order valence-corrected chi connectivity index (χ0v) is 18.4. The molecule has 1 heterocycles. The van der Waals surface area contributed by atoms with Crippen molar-refractivity contribution in [1.82, 2.24) is 4.31 Å². The van der Waals surface area contributed by atoms with Crippen molar-refractivity contribution in [3.8, 4) is 5.75 Å². The minimum Gasteiger partial charge on any atom is -0.484 e. The van der Waals surface area contributed by atoms with Gasteiger partial charge in [-0.1, -0.05) is 19.9 Å². The monoisotopic (exact) mass is 444 g/mol. The van der Waals surface area contributed by atoms with Gasteiger partial charge in [0.2, 0.25) is 10.0 Å². The van der Waals surface area contributed by atoms with Crippen LogP contribution in [0.4, 0.5) is 5.69 Å². The summed E-state index contributed by atoms with van der Waals surface area (Å²) in [7, 11) is -3.63. The van der Waals surface area contributed by atoms with Crippen LogP contribution in [0.25, 0.3) is 11.0 Å². The summed E-state index contributed by atoms with van der Waals surface area (Å²) in [6.07, 6.45) is 0. The predicted molar refractivity (Wildman–Crippen MR) is 118 cm³/mol. The molecule has 8 nitrogen and oxygen atoms in total. The first-order valence-electron chi connectivity index (χ1n) is 9.82. The standard InChI is InChI=1S/C22H24N2O6S/c1-4-24(5-2)31(27,28)18-8-6-7-16(12-18)23-21(25)14-29-17-9-10-19-15(3)11-22(26)30-20(19)13-17/h6-13H,4-5,14H2,1-3H3,(H,23,25). The first kappa shape index (κ1) is 22.5. The van der Waals surface area contributed by atoms with Gasteiger partial charge in [-0.2, -0.15) is 4.31 Å². The fraction of sp³-hybridized carbons (Fsp3) is 0.273. The van der Waals surface area contributed by atoms with Crippen molar-refractivity contribution in [2.24, 2.45) is 0 Å². The summed E-state index contributed by atoms with van der Waals surface area (Å²) in [4.78, 5) is 23.9. The lowest BCUT2D eigenvalue weighted by atomic mass is 10.1. The molecule has 0 unspecified atom stereocenters. The number of rotatable bonds is 8. The highest BCUT2D eigenvalue weighted by atomic mass is 32.2. The van der Waals surface area contributed by atoms with E-state index in [4.69, 9.17) is 9.15 Å². The number of fused-ring (bicyclic) bond motifs is 1. The number of nitrogens with one attached hydrogen (secondary N) is 1. The zero-order chi connectivity index (χ0) is 22.6. The third kappa shape index (κ3) is 5.12. The highest BCUT2D eigenvalue weighted by Crippen LogP contribution is 2.23. The quantitative estimate of drug-likeness (QED) is 0.535. The molecule has 1 N–H and O–H groups in total. The summed E-state index contributed by atoms with van der Waals surface area (Å²) in [6, 6.07) is 12.5. The molecule has 0 aliphatic rings. The Bertz CT molecular complexity index is 1260. The topological polar surface area (TPSA) is 106 Å². The van der Waals surface area contributed by atoms with Crippen LogP contribution in [0.3, 0.4) is 0 Å². The maximum absolute atomic E-state index is 12.7. The summed E-state index contributed by atoms with van der Waals surface area (Å²) in [6.45, 7) is 5.76. The number of hydrogen-bond acceptors (Lipinski definition) is 6. The maximum atomic E-state index is 12.7. The number of nitrogens with zero attached hydrogens (tertiary/aromatic N) is 1. The number of carbonyl (C=O) groups excluding carboxylic acids is 1. The van der Waals surface area contributed by atoms with Gasteiger partial charge in [0.1, 0.15) is 11.3 Å². The van der Waals surface area contributed by atoms with Gasteiger partial charge in [0, 0.05) is 36.3 Å². The summed E-state index contributed by atoms with van der Waals surface area (Å²) in [5, 5.41) is 3.41. The Morgan fingerprint density at radius 2 is 1.84 bits per heavy atom. The van der Waals surface area contributed by atoms with Crippen LogP contribution in [0.1, 0.15) is 19.4 Å². The third-order valence-corrected chi connectivity index (χ3v) is 6.80. The summed E-state index contributed by atoms with van der Waals surface area (Å²) in [5.41, 5.74) is 1.05. The summed E-state index contributed by atoms with van der Waals surface area (Å²) in [5.74, 6) is -0.0857. The molecule has 0 saturated heterocycles. The Morgan fingerprint density at radius 1 is 1.10 bits per heavy atom. The molecule has 1 aromatic heterocycles. The zero-order valence-electron chi connectivity index (χ0n) is 17.5. The second kappa shape index (κ2) is 9.32. The Balaban J connectivity index is 1.69. The average molecular weight is 445 g/mol. The van der Waals surface area contributed by atoms with E-state index in [1.54, 1.807) is 44.2 Å². The van der Waals surface area contributed by atoms with E-state index in [-0.39, 0.29) is 11.5 Å². The van der Waals surface area contributed by atoms with Crippen LogP contribution >= 0.6 is 0 Å². The summed E-state index contributed by atoms with van der Waals surface area (Å²) >= 11 is 0. The van der Waals surface area contributed by atoms with Crippen LogP contribution in [0.2, 0.25) is 0 Å². The number of amides is 1. The number of anilines is 1. The van der Waals surface area contributed by atoms with E-state index in [1.807, 2.05) is 6.92 Å². The van der Waals surface area contributed by atoms with Crippen LogP contribution in [-0.2, 0) is 14.8 Å². The largest absolute Gasteiger partial charge is 0.484 e. The molecule has 0 atom stereocenters. The molecule has 0 fully saturated rings. The molecule has 0 spiro atoms. The van der Waals surface area contributed by atoms with Crippen LogP contribution in [0.15, 0.2) is 62.6 Å². The molecule has 0 radical (unpaired) electrons. The van der Waals surface area contributed by atoms with E-state index in [0.29, 0.717) is 30.1 Å². The lowest BCUT2D eigenvalue weighted by Gasteiger charge is -2.18. The smallest absolute Gasteiger partial charge is 0.336 e. The Kier molecular flexibility index (Phi) is 6.77. The summed E-state index contributed by atoms with van der Waals surface area (Å²) < 4.78 is 37.3. The van der Waals surface area contributed by atoms with E-state index in [2.05, 4.69) is 5.32 Å². The highest BCUT2D eigenvalue weighted by molar-refractivity contribution is 7.89. The van der Waals surface area contributed by atoms with Gasteiger partial charge in [0.25, 0.3) is 5.91 Å². The fourth-order valence-electron chi connectivity index (χ4n) is 3.19. The van der Waals surface area contributed by atoms with Crippen LogP contribution in [0, 0.1) is 6.92 Å². The Hall–Kier alpha value is -3.17. The van der Waals surface area contributed by atoms with Crippen molar-refractivity contribution in [3.63, 3.8) is 0 Å². The first-order valence-corrected chi connectivity index (χ1v) is 11.3. The molecule has 1 amide bonds. The molecule has 0 bridgehead atoms. The average Bonchev–Trinajstić information content (AvgIpc) is 2.72. The predicted octanol–water partition coefficient (Wildman–Crippen LogP) is 3.15. The maximum Gasteiger partial charge on any atom is 0.336 e. The van der Waals surface area contributed by atoms with Crippen LogP contribution in [0.5, 0.6) is 5.75 Å². The van der Waals surface area contributed by atoms with Crippen LogP contribution in [-0.4, -0.2) is 38.3 Å². The van der Waals surface area contributed by atoms with E-state index >= 15 is 0 Å². The number of hydrogen-bond donors (Lipinski definition) is 1. The number of benzene rings is 2. The number of aryl methyl sites for hydroxylation is 1. The van der Waals surface area contributed by atoms with Crippen LogP contribution < -0.4 is 15.7 Å². The van der Waals surface area contributed by atoms with Gasteiger partial charge < -0.3 is 14.5 Å². The van der Waals surface area contributed by atoms with Crippen molar-refractivity contribution >= 4 is 32.6 Å². The molecular formula is C22H24N2O6S. The Morgan fingerprint density at radius 3 is 2.55 bits per heavy atom. The molecular weight excluding hydrogens is 420 g/mol. The van der Waals surface area contributed by atoms with Crippen molar-refractivity contribution in [3.05, 3.63) is 64.5 Å². The second-order valence-corrected chi connectivity index (χ2v) is 8.80. The van der Waals surface area contributed by atoms with E-state index in [9.17, 15) is 18.0 Å². The minimum absolute atomic E-state index is 0.106. The van der Waals surface area contributed by atoms with E-state index < -0.39 is 21.6 Å². The fourth-order valence-corrected chi connectivity index (χ4v) is 4.69. The normalized spacial score (nSPS) is 11.6. The van der Waals surface area contributed by atoms with Gasteiger partial charge in [0.15, 0.2) is 6.61 Å². The number of ether oxygens (including phenoxy) is 1. The molecule has 9 heteroatoms. The minimum atomic E-state index is -3.63. The molecule has 2 aromatic carbocycles. The van der Waals surface area contributed by atoms with Crippen molar-refractivity contribution < 1.29 is 22.4 Å². The van der Waals surface area contributed by atoms with E-state index in [1.165, 1.54) is 22.5 Å². The van der Waals surface area contributed by atoms with Gasteiger partial charge in [-0.3, -0.25) is 4.79 Å². The van der Waals surface area contributed by atoms with E-state index in [0.717, 1.165) is 10.9 Å². The number of sulfonamides is 1. The van der Waals surface area contributed by atoms with Crippen molar-refractivity contribution in [2.45, 2.75) is 25.7 Å². The molecule has 31 heavy (non-hydrogen) atoms. The molecule has 3 aromatic rings. The molecule has 0 aliphatic carbocycles. The molecule has 0 aliphatic heterocycles. The highest BCUT2D eigenvalue weighted by Gasteiger charge is 2.21. The number of carbonyl (C=O) groups is 1. The van der Waals surface area contributed by atoms with Crippen molar-refractivity contribution in [2.75, 3.05) is 25.0 Å². The third-order valence-electron chi connectivity index (χ3n) is 4.75. The first-order chi connectivity index (χ1) is 14.7. The SMILES string of the molecule is CCN(CC)S(=O)(=O)c1cccc(NC(=O)COc2ccc3c(C)cc(=O)oc3c2)c1. The molecule has 0 saturated carbocycles. The molecule has 164 valence electrons. The second-order valence-electron chi connectivity index (χ2n) is 6.86. The van der Waals surface area contributed by atoms with Crippen molar-refractivity contribution in [1.29, 1.82) is 0 Å². The van der Waals surface area contributed by atoms with Gasteiger partial charge in [-0.25, -0.2) is 13.2 Å². The van der Waals surface area contributed by atoms with Gasteiger partial charge in [-0.05, 0) is 42.8 Å². The van der Waals surface area contributed by atoms with Gasteiger partial charge >= 0.3 is 5.63 Å². The van der Waals surface area contributed by atoms with Gasteiger partial charge in [-0.15, -0.1) is 0 Å². The van der Waals surface area contributed by atoms with Gasteiger partial charge in [0.05, 0.1) is 4.90 Å². The lowest BCUT2D eigenvalue weighted by molar-refractivity contribution is -0.118. The Labute approximate surface area is 180 Å².